The van der Waals surface area contributed by atoms with E-state index in [4.69, 9.17) is 0 Å². The van der Waals surface area contributed by atoms with E-state index in [9.17, 15) is 0 Å². The molecule has 2 aromatic heterocycles. The zero-order chi connectivity index (χ0) is 13.8. The van der Waals surface area contributed by atoms with Gasteiger partial charge in [0.25, 0.3) is 0 Å². The standard InChI is InChI=1S/C15H15N5/c1-12-7-9-16-15(19-12)17-11-13-5-2-3-6-14(13)20-10-4-8-18-20/h2-10H,11H2,1H3,(H,16,17,19). The van der Waals surface area contributed by atoms with Gasteiger partial charge < -0.3 is 5.32 Å². The van der Waals surface area contributed by atoms with E-state index in [2.05, 4.69) is 26.4 Å². The molecule has 100 valence electrons. The molecule has 0 spiro atoms. The third-order valence-corrected chi connectivity index (χ3v) is 2.97. The van der Waals surface area contributed by atoms with Crippen LogP contribution < -0.4 is 5.32 Å². The molecule has 0 aliphatic rings. The SMILES string of the molecule is Cc1ccnc(NCc2ccccc2-n2cccn2)n1. The molecule has 0 fully saturated rings. The fourth-order valence-electron chi connectivity index (χ4n) is 2.00. The van der Waals surface area contributed by atoms with Crippen LogP contribution in [0.15, 0.2) is 55.0 Å². The first-order chi connectivity index (χ1) is 9.83. The van der Waals surface area contributed by atoms with Gasteiger partial charge in [-0.15, -0.1) is 0 Å². The second-order valence-corrected chi connectivity index (χ2v) is 4.45. The molecule has 5 heteroatoms. The topological polar surface area (TPSA) is 55.6 Å². The molecule has 0 saturated carbocycles. The summed E-state index contributed by atoms with van der Waals surface area (Å²) in [5, 5.41) is 7.51. The largest absolute Gasteiger partial charge is 0.350 e. The third kappa shape index (κ3) is 2.66. The van der Waals surface area contributed by atoms with Crippen LogP contribution in [0.2, 0.25) is 0 Å². The lowest BCUT2D eigenvalue weighted by Crippen LogP contribution is -2.07. The predicted octanol–water partition coefficient (Wildman–Crippen LogP) is 2.58. The quantitative estimate of drug-likeness (QED) is 0.787. The van der Waals surface area contributed by atoms with Crippen LogP contribution in [-0.4, -0.2) is 19.7 Å². The number of hydrogen-bond donors (Lipinski definition) is 1. The van der Waals surface area contributed by atoms with Gasteiger partial charge in [-0.05, 0) is 30.7 Å². The first kappa shape index (κ1) is 12.3. The highest BCUT2D eigenvalue weighted by Gasteiger charge is 2.04. The van der Waals surface area contributed by atoms with Crippen molar-refractivity contribution in [1.29, 1.82) is 0 Å². The molecule has 0 aliphatic carbocycles. The Morgan fingerprint density at radius 3 is 2.80 bits per heavy atom. The first-order valence-electron chi connectivity index (χ1n) is 6.44. The predicted molar refractivity (Wildman–Crippen MR) is 77.7 cm³/mol. The molecule has 3 aromatic rings. The molecule has 0 aliphatic heterocycles. The molecule has 1 N–H and O–H groups in total. The van der Waals surface area contributed by atoms with Crippen molar-refractivity contribution >= 4 is 5.95 Å². The van der Waals surface area contributed by atoms with Gasteiger partial charge in [-0.2, -0.15) is 5.10 Å². The monoisotopic (exact) mass is 265 g/mol. The van der Waals surface area contributed by atoms with Gasteiger partial charge in [-0.3, -0.25) is 0 Å². The minimum Gasteiger partial charge on any atom is -0.350 e. The van der Waals surface area contributed by atoms with Gasteiger partial charge in [0.15, 0.2) is 0 Å². The number of nitrogens with one attached hydrogen (secondary N) is 1. The fraction of sp³-hybridized carbons (Fsp3) is 0.133. The van der Waals surface area contributed by atoms with Crippen LogP contribution in [0.25, 0.3) is 5.69 Å². The van der Waals surface area contributed by atoms with Crippen molar-refractivity contribution in [2.24, 2.45) is 0 Å². The molecule has 2 heterocycles. The number of rotatable bonds is 4. The lowest BCUT2D eigenvalue weighted by molar-refractivity contribution is 0.862. The summed E-state index contributed by atoms with van der Waals surface area (Å²) in [4.78, 5) is 8.54. The van der Waals surface area contributed by atoms with Crippen molar-refractivity contribution in [3.8, 4) is 5.69 Å². The summed E-state index contributed by atoms with van der Waals surface area (Å²) in [6.45, 7) is 2.60. The van der Waals surface area contributed by atoms with Crippen molar-refractivity contribution in [1.82, 2.24) is 19.7 Å². The first-order valence-corrected chi connectivity index (χ1v) is 6.44. The van der Waals surface area contributed by atoms with Crippen LogP contribution >= 0.6 is 0 Å². The Bertz CT molecular complexity index is 691. The van der Waals surface area contributed by atoms with Gasteiger partial charge in [0, 0.05) is 30.8 Å². The maximum Gasteiger partial charge on any atom is 0.223 e. The van der Waals surface area contributed by atoms with E-state index in [0.29, 0.717) is 12.5 Å². The minimum absolute atomic E-state index is 0.639. The van der Waals surface area contributed by atoms with E-state index in [1.54, 1.807) is 12.4 Å². The Balaban J connectivity index is 1.81. The van der Waals surface area contributed by atoms with E-state index in [1.807, 2.05) is 48.1 Å². The minimum atomic E-state index is 0.639. The van der Waals surface area contributed by atoms with Crippen LogP contribution in [-0.2, 0) is 6.54 Å². The summed E-state index contributed by atoms with van der Waals surface area (Å²) >= 11 is 0. The summed E-state index contributed by atoms with van der Waals surface area (Å²) < 4.78 is 1.86. The number of para-hydroxylation sites is 1. The summed E-state index contributed by atoms with van der Waals surface area (Å²) in [6.07, 6.45) is 5.46. The highest BCUT2D eigenvalue weighted by Crippen LogP contribution is 2.14. The molecule has 0 radical (unpaired) electrons. The molecule has 20 heavy (non-hydrogen) atoms. The Hall–Kier alpha value is -2.69. The van der Waals surface area contributed by atoms with E-state index in [0.717, 1.165) is 16.9 Å². The zero-order valence-corrected chi connectivity index (χ0v) is 11.2. The second kappa shape index (κ2) is 5.52. The number of hydrogen-bond acceptors (Lipinski definition) is 4. The van der Waals surface area contributed by atoms with Crippen molar-refractivity contribution < 1.29 is 0 Å². The molecule has 1 aromatic carbocycles. The molecule has 0 atom stereocenters. The van der Waals surface area contributed by atoms with Gasteiger partial charge >= 0.3 is 0 Å². The van der Waals surface area contributed by atoms with E-state index in [-0.39, 0.29) is 0 Å². The Labute approximate surface area is 117 Å². The Morgan fingerprint density at radius 1 is 1.10 bits per heavy atom. The fourth-order valence-corrected chi connectivity index (χ4v) is 2.00. The van der Waals surface area contributed by atoms with Crippen molar-refractivity contribution in [3.63, 3.8) is 0 Å². The second-order valence-electron chi connectivity index (χ2n) is 4.45. The summed E-state index contributed by atoms with van der Waals surface area (Å²) in [5.74, 6) is 0.639. The van der Waals surface area contributed by atoms with Gasteiger partial charge in [-0.1, -0.05) is 18.2 Å². The van der Waals surface area contributed by atoms with Crippen molar-refractivity contribution in [2.45, 2.75) is 13.5 Å². The van der Waals surface area contributed by atoms with Crippen LogP contribution in [0.3, 0.4) is 0 Å². The number of nitrogens with zero attached hydrogens (tertiary/aromatic N) is 4. The lowest BCUT2D eigenvalue weighted by Gasteiger charge is -2.10. The van der Waals surface area contributed by atoms with Gasteiger partial charge in [-0.25, -0.2) is 14.6 Å². The van der Waals surface area contributed by atoms with Gasteiger partial charge in [0.1, 0.15) is 0 Å². The zero-order valence-electron chi connectivity index (χ0n) is 11.2. The smallest absolute Gasteiger partial charge is 0.223 e. The molecule has 0 unspecified atom stereocenters. The summed E-state index contributed by atoms with van der Waals surface area (Å²) in [7, 11) is 0. The van der Waals surface area contributed by atoms with Crippen molar-refractivity contribution in [2.75, 3.05) is 5.32 Å². The Kier molecular flexibility index (Phi) is 3.41. The van der Waals surface area contributed by atoms with Gasteiger partial charge in [0.2, 0.25) is 5.95 Å². The summed E-state index contributed by atoms with van der Waals surface area (Å²) in [5.41, 5.74) is 3.14. The highest BCUT2D eigenvalue weighted by molar-refractivity contribution is 5.42. The summed E-state index contributed by atoms with van der Waals surface area (Å²) in [6, 6.07) is 11.9. The average molecular weight is 265 g/mol. The van der Waals surface area contributed by atoms with Gasteiger partial charge in [0.05, 0.1) is 5.69 Å². The lowest BCUT2D eigenvalue weighted by atomic mass is 10.2. The third-order valence-electron chi connectivity index (χ3n) is 2.97. The molecule has 5 nitrogen and oxygen atoms in total. The Morgan fingerprint density at radius 2 is 2.00 bits per heavy atom. The molecule has 3 rings (SSSR count). The molecular formula is C15H15N5. The normalized spacial score (nSPS) is 10.4. The number of anilines is 1. The number of benzene rings is 1. The molecular weight excluding hydrogens is 250 g/mol. The van der Waals surface area contributed by atoms with Crippen LogP contribution in [0, 0.1) is 6.92 Å². The van der Waals surface area contributed by atoms with E-state index in [1.165, 1.54) is 0 Å². The molecule has 0 amide bonds. The average Bonchev–Trinajstić information content (AvgIpc) is 3.00. The molecule has 0 bridgehead atoms. The maximum atomic E-state index is 4.34. The molecule has 0 saturated heterocycles. The van der Waals surface area contributed by atoms with Crippen LogP contribution in [0.5, 0.6) is 0 Å². The number of aryl methyl sites for hydroxylation is 1. The number of aromatic nitrogens is 4. The maximum absolute atomic E-state index is 4.34. The highest BCUT2D eigenvalue weighted by atomic mass is 15.3. The van der Waals surface area contributed by atoms with Crippen molar-refractivity contribution in [3.05, 3.63) is 66.2 Å². The van der Waals surface area contributed by atoms with E-state index < -0.39 is 0 Å². The van der Waals surface area contributed by atoms with Crippen LogP contribution in [0.1, 0.15) is 11.3 Å². The van der Waals surface area contributed by atoms with Crippen LogP contribution in [0.4, 0.5) is 5.95 Å². The van der Waals surface area contributed by atoms with E-state index >= 15 is 0 Å².